The maximum atomic E-state index is 13.1. The van der Waals surface area contributed by atoms with Crippen LogP contribution in [0.3, 0.4) is 0 Å². The highest BCUT2D eigenvalue weighted by atomic mass is 35.5. The standard InChI is InChI=1S/C26H23ClF3N3O4/c1-14(33(2)13-24(34)31-15-8-9-19(27)18(10-15)26(28,29)30)25(35)32-20-12-22-17(11-23(20)36-3)16-6-4-5-7-21(16)37-22/h4-12,14H,13H2,1-3H3,(H,31,34)(H,32,35). The molecule has 0 bridgehead atoms. The number of hydrogen-bond acceptors (Lipinski definition) is 5. The number of amides is 2. The van der Waals surface area contributed by atoms with E-state index in [9.17, 15) is 22.8 Å². The number of nitrogens with zero attached hydrogens (tertiary/aromatic N) is 1. The molecule has 11 heteroatoms. The minimum Gasteiger partial charge on any atom is -0.495 e. The average Bonchev–Trinajstić information content (AvgIpc) is 3.20. The summed E-state index contributed by atoms with van der Waals surface area (Å²) in [5.41, 5.74) is 0.549. The van der Waals surface area contributed by atoms with E-state index in [1.54, 1.807) is 26.1 Å². The molecule has 1 atom stereocenters. The van der Waals surface area contributed by atoms with Gasteiger partial charge in [-0.25, -0.2) is 0 Å². The number of furan rings is 1. The van der Waals surface area contributed by atoms with Crippen LogP contribution < -0.4 is 15.4 Å². The average molecular weight is 534 g/mol. The highest BCUT2D eigenvalue weighted by molar-refractivity contribution is 6.31. The van der Waals surface area contributed by atoms with E-state index in [4.69, 9.17) is 20.8 Å². The number of benzene rings is 3. The van der Waals surface area contributed by atoms with Crippen LogP contribution in [0.15, 0.2) is 59.0 Å². The van der Waals surface area contributed by atoms with Gasteiger partial charge in [-0.2, -0.15) is 13.2 Å². The lowest BCUT2D eigenvalue weighted by atomic mass is 10.1. The maximum Gasteiger partial charge on any atom is 0.417 e. The quantitative estimate of drug-likeness (QED) is 0.297. The van der Waals surface area contributed by atoms with Gasteiger partial charge in [-0.15, -0.1) is 0 Å². The number of halogens is 4. The van der Waals surface area contributed by atoms with Gasteiger partial charge in [0.25, 0.3) is 0 Å². The molecular formula is C26H23ClF3N3O4. The summed E-state index contributed by atoms with van der Waals surface area (Å²) in [6.07, 6.45) is -4.66. The van der Waals surface area contributed by atoms with E-state index in [2.05, 4.69) is 10.6 Å². The molecule has 1 unspecified atom stereocenters. The van der Waals surface area contributed by atoms with E-state index >= 15 is 0 Å². The number of likely N-dealkylation sites (N-methyl/N-ethyl adjacent to an activating group) is 1. The molecule has 2 amide bonds. The molecule has 4 aromatic rings. The van der Waals surface area contributed by atoms with Crippen molar-refractivity contribution in [2.24, 2.45) is 0 Å². The third kappa shape index (κ3) is 5.65. The normalized spacial score (nSPS) is 12.6. The molecule has 7 nitrogen and oxygen atoms in total. The molecule has 37 heavy (non-hydrogen) atoms. The van der Waals surface area contributed by atoms with Crippen LogP contribution in [-0.2, 0) is 15.8 Å². The number of carbonyl (C=O) groups excluding carboxylic acids is 2. The van der Waals surface area contributed by atoms with Crippen LogP contribution in [-0.4, -0.2) is 43.5 Å². The van der Waals surface area contributed by atoms with E-state index in [0.29, 0.717) is 22.6 Å². The van der Waals surface area contributed by atoms with Crippen molar-refractivity contribution in [3.63, 3.8) is 0 Å². The number of anilines is 2. The van der Waals surface area contributed by atoms with Crippen molar-refractivity contribution in [3.8, 4) is 5.75 Å². The largest absolute Gasteiger partial charge is 0.495 e. The van der Waals surface area contributed by atoms with Crippen molar-refractivity contribution >= 4 is 56.7 Å². The summed E-state index contributed by atoms with van der Waals surface area (Å²) < 4.78 is 50.6. The zero-order valence-electron chi connectivity index (χ0n) is 20.1. The van der Waals surface area contributed by atoms with Crippen molar-refractivity contribution in [3.05, 3.63) is 65.2 Å². The van der Waals surface area contributed by atoms with E-state index in [1.807, 2.05) is 24.3 Å². The first-order valence-electron chi connectivity index (χ1n) is 11.1. The molecule has 0 fully saturated rings. The Labute approximate surface area is 215 Å². The molecule has 3 aromatic carbocycles. The van der Waals surface area contributed by atoms with E-state index in [1.165, 1.54) is 18.1 Å². The second kappa shape index (κ2) is 10.3. The van der Waals surface area contributed by atoms with Crippen LogP contribution in [0.4, 0.5) is 24.5 Å². The topological polar surface area (TPSA) is 83.8 Å². The highest BCUT2D eigenvalue weighted by Crippen LogP contribution is 2.37. The molecule has 0 aliphatic carbocycles. The monoisotopic (exact) mass is 533 g/mol. The number of methoxy groups -OCH3 is 1. The summed E-state index contributed by atoms with van der Waals surface area (Å²) in [6, 6.07) is 13.3. The second-order valence-electron chi connectivity index (χ2n) is 8.47. The third-order valence-electron chi connectivity index (χ3n) is 5.95. The molecule has 0 radical (unpaired) electrons. The Morgan fingerprint density at radius 2 is 1.78 bits per heavy atom. The molecule has 0 saturated carbocycles. The van der Waals surface area contributed by atoms with Gasteiger partial charge >= 0.3 is 6.18 Å². The van der Waals surface area contributed by atoms with Crippen molar-refractivity contribution < 1.29 is 31.9 Å². The zero-order valence-corrected chi connectivity index (χ0v) is 20.8. The van der Waals surface area contributed by atoms with Crippen LogP contribution in [0.5, 0.6) is 5.75 Å². The van der Waals surface area contributed by atoms with Crippen molar-refractivity contribution in [2.45, 2.75) is 19.1 Å². The summed E-state index contributed by atoms with van der Waals surface area (Å²) in [5.74, 6) is -0.586. The van der Waals surface area contributed by atoms with E-state index in [0.717, 1.165) is 22.9 Å². The molecule has 4 rings (SSSR count). The van der Waals surface area contributed by atoms with Gasteiger partial charge in [0.05, 0.1) is 36.0 Å². The first-order valence-corrected chi connectivity index (χ1v) is 11.5. The molecule has 1 heterocycles. The van der Waals surface area contributed by atoms with Crippen LogP contribution >= 0.6 is 11.6 Å². The number of carbonyl (C=O) groups is 2. The van der Waals surface area contributed by atoms with Gasteiger partial charge in [0.1, 0.15) is 16.9 Å². The SMILES string of the molecule is COc1cc2c(cc1NC(=O)C(C)N(C)CC(=O)Nc1ccc(Cl)c(C(F)(F)F)c1)oc1ccccc12. The predicted octanol–water partition coefficient (Wildman–Crippen LogP) is 6.16. The maximum absolute atomic E-state index is 13.1. The Balaban J connectivity index is 1.44. The summed E-state index contributed by atoms with van der Waals surface area (Å²) in [6.45, 7) is 1.34. The van der Waals surface area contributed by atoms with Crippen LogP contribution in [0, 0.1) is 0 Å². The van der Waals surface area contributed by atoms with Gasteiger partial charge in [0, 0.05) is 22.5 Å². The number of rotatable bonds is 7. The lowest BCUT2D eigenvalue weighted by molar-refractivity contribution is -0.137. The number of fused-ring (bicyclic) bond motifs is 3. The minimum absolute atomic E-state index is 0.0592. The third-order valence-corrected chi connectivity index (χ3v) is 6.28. The van der Waals surface area contributed by atoms with E-state index < -0.39 is 34.6 Å². The molecule has 0 saturated heterocycles. The summed E-state index contributed by atoms with van der Waals surface area (Å²) in [4.78, 5) is 26.9. The second-order valence-corrected chi connectivity index (χ2v) is 8.87. The van der Waals surface area contributed by atoms with Crippen molar-refractivity contribution in [1.82, 2.24) is 4.90 Å². The molecule has 194 valence electrons. The number of para-hydroxylation sites is 1. The first kappa shape index (κ1) is 26.3. The fourth-order valence-corrected chi connectivity index (χ4v) is 4.06. The Bertz CT molecular complexity index is 1490. The van der Waals surface area contributed by atoms with Crippen molar-refractivity contribution in [2.75, 3.05) is 31.3 Å². The Hall–Kier alpha value is -3.76. The predicted molar refractivity (Wildman–Crippen MR) is 136 cm³/mol. The molecule has 1 aromatic heterocycles. The van der Waals surface area contributed by atoms with Crippen molar-refractivity contribution in [1.29, 1.82) is 0 Å². The lowest BCUT2D eigenvalue weighted by Crippen LogP contribution is -2.43. The van der Waals surface area contributed by atoms with Gasteiger partial charge in [-0.1, -0.05) is 29.8 Å². The Kier molecular flexibility index (Phi) is 7.33. The lowest BCUT2D eigenvalue weighted by Gasteiger charge is -2.24. The molecule has 0 aliphatic heterocycles. The van der Waals surface area contributed by atoms with Crippen LogP contribution in [0.2, 0.25) is 5.02 Å². The van der Waals surface area contributed by atoms with Crippen LogP contribution in [0.1, 0.15) is 12.5 Å². The summed E-state index contributed by atoms with van der Waals surface area (Å²) in [7, 11) is 3.03. The smallest absolute Gasteiger partial charge is 0.417 e. The van der Waals surface area contributed by atoms with Gasteiger partial charge in [0.2, 0.25) is 11.8 Å². The number of alkyl halides is 3. The fraction of sp³-hybridized carbons (Fsp3) is 0.231. The highest BCUT2D eigenvalue weighted by Gasteiger charge is 2.33. The Morgan fingerprint density at radius 3 is 2.49 bits per heavy atom. The van der Waals surface area contributed by atoms with Gasteiger partial charge < -0.3 is 19.8 Å². The number of nitrogens with one attached hydrogen (secondary N) is 2. The number of hydrogen-bond donors (Lipinski definition) is 2. The Morgan fingerprint density at radius 1 is 1.05 bits per heavy atom. The summed E-state index contributed by atoms with van der Waals surface area (Å²) in [5, 5.41) is 6.48. The molecular weight excluding hydrogens is 511 g/mol. The first-order chi connectivity index (χ1) is 17.5. The van der Waals surface area contributed by atoms with Gasteiger partial charge in [-0.05, 0) is 44.3 Å². The molecule has 2 N–H and O–H groups in total. The molecule has 0 aliphatic rings. The molecule has 0 spiro atoms. The van der Waals surface area contributed by atoms with Gasteiger partial charge in [0.15, 0.2) is 0 Å². The minimum atomic E-state index is -4.66. The van der Waals surface area contributed by atoms with Gasteiger partial charge in [-0.3, -0.25) is 14.5 Å². The summed E-state index contributed by atoms with van der Waals surface area (Å²) >= 11 is 5.62. The number of ether oxygens (including phenoxy) is 1. The fourth-order valence-electron chi connectivity index (χ4n) is 3.84. The zero-order chi connectivity index (χ0) is 26.9. The van der Waals surface area contributed by atoms with E-state index in [-0.39, 0.29) is 12.2 Å². The van der Waals surface area contributed by atoms with Crippen LogP contribution in [0.25, 0.3) is 21.9 Å².